The highest BCUT2D eigenvalue weighted by molar-refractivity contribution is 7.92. The van der Waals surface area contributed by atoms with Gasteiger partial charge in [0.1, 0.15) is 18.0 Å². The van der Waals surface area contributed by atoms with E-state index in [-0.39, 0.29) is 22.2 Å². The van der Waals surface area contributed by atoms with Crippen LogP contribution in [0, 0.1) is 0 Å². The van der Waals surface area contributed by atoms with Gasteiger partial charge in [0.25, 0.3) is 15.9 Å². The van der Waals surface area contributed by atoms with Crippen molar-refractivity contribution in [3.63, 3.8) is 0 Å². The normalized spacial score (nSPS) is 10.8. The van der Waals surface area contributed by atoms with Crippen molar-refractivity contribution in [2.75, 3.05) is 30.4 Å². The smallest absolute Gasteiger partial charge is 0.264 e. The minimum absolute atomic E-state index is 0.0886. The summed E-state index contributed by atoms with van der Waals surface area (Å²) < 4.78 is 37.8. The van der Waals surface area contributed by atoms with Crippen molar-refractivity contribution in [1.82, 2.24) is 5.43 Å². The van der Waals surface area contributed by atoms with Crippen molar-refractivity contribution in [3.05, 3.63) is 42.5 Å². The van der Waals surface area contributed by atoms with Gasteiger partial charge in [-0.1, -0.05) is 0 Å². The summed E-state index contributed by atoms with van der Waals surface area (Å²) in [6, 6.07) is 10.0. The topological polar surface area (TPSA) is 140 Å². The molecule has 0 saturated carbocycles. The molecule has 0 saturated heterocycles. The Balaban J connectivity index is 2.54. The molecule has 0 spiro atoms. The second-order valence-corrected chi connectivity index (χ2v) is 7.68. The van der Waals surface area contributed by atoms with E-state index in [0.717, 1.165) is 4.31 Å². The molecular formula is C18H22N4O6S. The number of hydrogen-bond acceptors (Lipinski definition) is 7. The maximum atomic E-state index is 13.3. The number of methoxy groups -OCH3 is 2. The zero-order valence-electron chi connectivity index (χ0n) is 16.1. The molecule has 11 heteroatoms. The predicted octanol–water partition coefficient (Wildman–Crippen LogP) is 0.847. The number of sulfonamides is 1. The number of hydrogen-bond donors (Lipinski definition) is 3. The predicted molar refractivity (Wildman–Crippen MR) is 107 cm³/mol. The third-order valence-corrected chi connectivity index (χ3v) is 5.64. The van der Waals surface area contributed by atoms with Crippen LogP contribution in [0.5, 0.6) is 11.5 Å². The number of nitrogens with two attached hydrogens (primary N) is 1. The largest absolute Gasteiger partial charge is 0.497 e. The summed E-state index contributed by atoms with van der Waals surface area (Å²) in [5.41, 5.74) is 2.48. The van der Waals surface area contributed by atoms with E-state index in [4.69, 9.17) is 15.3 Å². The van der Waals surface area contributed by atoms with E-state index in [0.29, 0.717) is 11.4 Å². The first-order chi connectivity index (χ1) is 13.7. The fourth-order valence-electron chi connectivity index (χ4n) is 2.51. The molecule has 0 radical (unpaired) electrons. The first kappa shape index (κ1) is 22.0. The van der Waals surface area contributed by atoms with E-state index >= 15 is 0 Å². The SMILES string of the molecule is COc1ccc(N(CC(=O)NN)S(=O)(=O)c2ccc(NC(C)=O)cc2)c(OC)c1. The Hall–Kier alpha value is -3.31. The Morgan fingerprint density at radius 1 is 1.07 bits per heavy atom. The quantitative estimate of drug-likeness (QED) is 0.325. The highest BCUT2D eigenvalue weighted by atomic mass is 32.2. The molecule has 10 nitrogen and oxygen atoms in total. The van der Waals surface area contributed by atoms with Crippen LogP contribution >= 0.6 is 0 Å². The van der Waals surface area contributed by atoms with Crippen LogP contribution < -0.4 is 30.4 Å². The number of nitrogens with zero attached hydrogens (tertiary/aromatic N) is 1. The molecule has 0 atom stereocenters. The maximum absolute atomic E-state index is 13.3. The zero-order chi connectivity index (χ0) is 21.6. The second kappa shape index (κ2) is 9.26. The summed E-state index contributed by atoms with van der Waals surface area (Å²) in [6.07, 6.45) is 0. The first-order valence-electron chi connectivity index (χ1n) is 8.34. The van der Waals surface area contributed by atoms with Crippen LogP contribution in [0.25, 0.3) is 0 Å². The van der Waals surface area contributed by atoms with Gasteiger partial charge in [0.2, 0.25) is 5.91 Å². The number of benzene rings is 2. The molecule has 29 heavy (non-hydrogen) atoms. The van der Waals surface area contributed by atoms with Crippen molar-refractivity contribution in [3.8, 4) is 11.5 Å². The summed E-state index contributed by atoms with van der Waals surface area (Å²) in [7, 11) is -1.34. The minimum Gasteiger partial charge on any atom is -0.497 e. The summed E-state index contributed by atoms with van der Waals surface area (Å²) in [4.78, 5) is 23.0. The average molecular weight is 422 g/mol. The lowest BCUT2D eigenvalue weighted by atomic mass is 10.2. The van der Waals surface area contributed by atoms with Crippen molar-refractivity contribution < 1.29 is 27.5 Å². The van der Waals surface area contributed by atoms with E-state index in [1.54, 1.807) is 6.07 Å². The van der Waals surface area contributed by atoms with Crippen molar-refractivity contribution >= 4 is 33.2 Å². The van der Waals surface area contributed by atoms with E-state index in [2.05, 4.69) is 5.32 Å². The number of carbonyl (C=O) groups is 2. The van der Waals surface area contributed by atoms with Crippen LogP contribution in [0.1, 0.15) is 6.92 Å². The molecule has 0 heterocycles. The van der Waals surface area contributed by atoms with Crippen molar-refractivity contribution in [2.24, 2.45) is 5.84 Å². The Morgan fingerprint density at radius 3 is 2.24 bits per heavy atom. The Morgan fingerprint density at radius 2 is 1.72 bits per heavy atom. The molecular weight excluding hydrogens is 400 g/mol. The lowest BCUT2D eigenvalue weighted by molar-refractivity contribution is -0.119. The molecule has 4 N–H and O–H groups in total. The Labute approximate surface area is 168 Å². The molecule has 0 aliphatic heterocycles. The maximum Gasteiger partial charge on any atom is 0.264 e. The van der Waals surface area contributed by atoms with Gasteiger partial charge < -0.3 is 14.8 Å². The summed E-state index contributed by atoms with van der Waals surface area (Å²) in [6.45, 7) is 0.767. The van der Waals surface area contributed by atoms with E-state index in [1.165, 1.54) is 57.5 Å². The van der Waals surface area contributed by atoms with Gasteiger partial charge in [-0.05, 0) is 36.4 Å². The molecule has 2 aromatic carbocycles. The lowest BCUT2D eigenvalue weighted by Crippen LogP contribution is -2.43. The molecule has 0 aliphatic rings. The molecule has 2 aromatic rings. The number of rotatable bonds is 8. The van der Waals surface area contributed by atoms with Gasteiger partial charge in [-0.15, -0.1) is 0 Å². The third kappa shape index (κ3) is 5.15. The number of nitrogens with one attached hydrogen (secondary N) is 2. The van der Waals surface area contributed by atoms with Crippen molar-refractivity contribution in [1.29, 1.82) is 0 Å². The van der Waals surface area contributed by atoms with E-state index in [1.807, 2.05) is 5.43 Å². The standard InChI is InChI=1S/C18H22N4O6S/c1-12(23)20-13-4-7-15(8-5-13)29(25,26)22(11-18(24)21-19)16-9-6-14(27-2)10-17(16)28-3/h4-10H,11,19H2,1-3H3,(H,20,23)(H,21,24). The second-order valence-electron chi connectivity index (χ2n) is 5.82. The number of anilines is 2. The average Bonchev–Trinajstić information content (AvgIpc) is 2.71. The molecule has 0 fully saturated rings. The van der Waals surface area contributed by atoms with E-state index < -0.39 is 22.5 Å². The van der Waals surface area contributed by atoms with Crippen LogP contribution in [-0.2, 0) is 19.6 Å². The number of amides is 2. The Kier molecular flexibility index (Phi) is 7.02. The molecule has 2 rings (SSSR count). The van der Waals surface area contributed by atoms with Gasteiger partial charge in [0.15, 0.2) is 0 Å². The Bertz CT molecular complexity index is 992. The molecule has 0 bridgehead atoms. The molecule has 0 unspecified atom stereocenters. The third-order valence-electron chi connectivity index (χ3n) is 3.87. The van der Waals surface area contributed by atoms with Gasteiger partial charge in [-0.3, -0.25) is 19.3 Å². The number of carbonyl (C=O) groups excluding carboxylic acids is 2. The highest BCUT2D eigenvalue weighted by Crippen LogP contribution is 2.35. The van der Waals surface area contributed by atoms with Crippen molar-refractivity contribution in [2.45, 2.75) is 11.8 Å². The first-order valence-corrected chi connectivity index (χ1v) is 9.78. The monoisotopic (exact) mass is 422 g/mol. The number of ether oxygens (including phenoxy) is 2. The highest BCUT2D eigenvalue weighted by Gasteiger charge is 2.29. The fourth-order valence-corrected chi connectivity index (χ4v) is 3.94. The summed E-state index contributed by atoms with van der Waals surface area (Å²) in [5, 5.41) is 2.55. The minimum atomic E-state index is -4.17. The number of hydrazine groups is 1. The van der Waals surface area contributed by atoms with Crippen LogP contribution in [0.4, 0.5) is 11.4 Å². The van der Waals surface area contributed by atoms with Crippen LogP contribution in [0.3, 0.4) is 0 Å². The molecule has 0 aliphatic carbocycles. The van der Waals surface area contributed by atoms with Gasteiger partial charge in [-0.25, -0.2) is 14.3 Å². The zero-order valence-corrected chi connectivity index (χ0v) is 16.9. The van der Waals surface area contributed by atoms with E-state index in [9.17, 15) is 18.0 Å². The molecule has 0 aromatic heterocycles. The summed E-state index contributed by atoms with van der Waals surface area (Å²) in [5.74, 6) is 4.78. The molecule has 2 amide bonds. The van der Waals surface area contributed by atoms with Gasteiger partial charge in [-0.2, -0.15) is 0 Å². The fraction of sp³-hybridized carbons (Fsp3) is 0.222. The van der Waals surface area contributed by atoms with Gasteiger partial charge in [0.05, 0.1) is 24.8 Å². The van der Waals surface area contributed by atoms with Gasteiger partial charge >= 0.3 is 0 Å². The van der Waals surface area contributed by atoms with Crippen LogP contribution in [-0.4, -0.2) is 41.0 Å². The lowest BCUT2D eigenvalue weighted by Gasteiger charge is -2.25. The van der Waals surface area contributed by atoms with Crippen LogP contribution in [0.15, 0.2) is 47.4 Å². The summed E-state index contributed by atoms with van der Waals surface area (Å²) >= 11 is 0. The molecule has 156 valence electrons. The van der Waals surface area contributed by atoms with Gasteiger partial charge in [0, 0.05) is 18.7 Å². The van der Waals surface area contributed by atoms with Crippen LogP contribution in [0.2, 0.25) is 0 Å².